The largest absolute Gasteiger partial charge is 0.469 e. The van der Waals surface area contributed by atoms with Gasteiger partial charge in [0, 0.05) is 18.6 Å². The molecule has 1 spiro atoms. The summed E-state index contributed by atoms with van der Waals surface area (Å²) in [6.07, 6.45) is 5.25. The van der Waals surface area contributed by atoms with Crippen LogP contribution in [0.5, 0.6) is 0 Å². The Balaban J connectivity index is 1.73. The highest BCUT2D eigenvalue weighted by molar-refractivity contribution is 7.89. The van der Waals surface area contributed by atoms with E-state index in [2.05, 4.69) is 11.9 Å². The first-order chi connectivity index (χ1) is 10.3. The first-order valence-corrected chi connectivity index (χ1v) is 9.72. The van der Waals surface area contributed by atoms with Crippen molar-refractivity contribution in [2.45, 2.75) is 44.1 Å². The quantitative estimate of drug-likeness (QED) is 0.714. The molecule has 7 heteroatoms. The number of esters is 1. The second kappa shape index (κ2) is 5.46. The summed E-state index contributed by atoms with van der Waals surface area (Å²) in [4.78, 5) is 14.3. The van der Waals surface area contributed by atoms with Crippen molar-refractivity contribution in [3.63, 3.8) is 0 Å². The fourth-order valence-electron chi connectivity index (χ4n) is 4.31. The van der Waals surface area contributed by atoms with E-state index in [1.165, 1.54) is 7.11 Å². The van der Waals surface area contributed by atoms with E-state index in [1.54, 1.807) is 4.31 Å². The second-order valence-corrected chi connectivity index (χ2v) is 9.18. The van der Waals surface area contributed by atoms with Crippen LogP contribution < -0.4 is 0 Å². The molecule has 2 saturated heterocycles. The van der Waals surface area contributed by atoms with E-state index in [4.69, 9.17) is 4.74 Å². The fraction of sp³-hybridized carbons (Fsp3) is 0.933. The Labute approximate surface area is 132 Å². The Bertz CT molecular complexity index is 558. The van der Waals surface area contributed by atoms with E-state index in [0.29, 0.717) is 25.9 Å². The first-order valence-electron chi connectivity index (χ1n) is 8.11. The number of methoxy groups -OCH3 is 1. The van der Waals surface area contributed by atoms with Crippen molar-refractivity contribution in [2.75, 3.05) is 39.5 Å². The molecule has 3 aliphatic rings. The van der Waals surface area contributed by atoms with Gasteiger partial charge in [0.05, 0.1) is 18.3 Å². The van der Waals surface area contributed by atoms with E-state index in [0.717, 1.165) is 32.2 Å². The molecule has 0 aromatic heterocycles. The lowest BCUT2D eigenvalue weighted by molar-refractivity contribution is -0.156. The number of carbonyl (C=O) groups is 1. The molecule has 0 bridgehead atoms. The zero-order valence-corrected chi connectivity index (χ0v) is 14.3. The number of likely N-dealkylation sites (tertiary alicyclic amines) is 1. The van der Waals surface area contributed by atoms with Crippen LogP contribution in [0.2, 0.25) is 0 Å². The van der Waals surface area contributed by atoms with Gasteiger partial charge < -0.3 is 4.74 Å². The van der Waals surface area contributed by atoms with Crippen molar-refractivity contribution in [1.82, 2.24) is 9.21 Å². The fourth-order valence-corrected chi connectivity index (χ4v) is 6.41. The molecule has 0 N–H and O–H groups in total. The zero-order chi connectivity index (χ0) is 16.0. The number of nitrogens with zero attached hydrogens (tertiary/aromatic N) is 2. The van der Waals surface area contributed by atoms with Crippen molar-refractivity contribution in [3.05, 3.63) is 0 Å². The summed E-state index contributed by atoms with van der Waals surface area (Å²) in [6, 6.07) is 0. The molecular weight excluding hydrogens is 304 g/mol. The highest BCUT2D eigenvalue weighted by Gasteiger charge is 2.52. The third-order valence-corrected chi connectivity index (χ3v) is 8.04. The maximum atomic E-state index is 12.8. The molecule has 2 heterocycles. The number of hydrogen-bond acceptors (Lipinski definition) is 5. The normalized spacial score (nSPS) is 32.3. The minimum atomic E-state index is -3.41. The van der Waals surface area contributed by atoms with Gasteiger partial charge in [-0.2, -0.15) is 4.31 Å². The lowest BCUT2D eigenvalue weighted by atomic mass is 9.70. The lowest BCUT2D eigenvalue weighted by Gasteiger charge is -2.39. The molecule has 0 amide bonds. The van der Waals surface area contributed by atoms with Crippen molar-refractivity contribution in [1.29, 1.82) is 0 Å². The van der Waals surface area contributed by atoms with Crippen molar-refractivity contribution in [3.8, 4) is 0 Å². The molecule has 6 nitrogen and oxygen atoms in total. The van der Waals surface area contributed by atoms with Gasteiger partial charge in [0.25, 0.3) is 0 Å². The monoisotopic (exact) mass is 330 g/mol. The number of ether oxygens (including phenoxy) is 1. The Hall–Kier alpha value is -0.660. The van der Waals surface area contributed by atoms with Gasteiger partial charge in [-0.25, -0.2) is 8.42 Å². The minimum Gasteiger partial charge on any atom is -0.469 e. The molecule has 1 saturated carbocycles. The number of sulfonamides is 1. The topological polar surface area (TPSA) is 66.9 Å². The summed E-state index contributed by atoms with van der Waals surface area (Å²) in [7, 11) is 0.0142. The van der Waals surface area contributed by atoms with Crippen LogP contribution in [0.3, 0.4) is 0 Å². The SMILES string of the molecule is COC(=O)C1(CS(=O)(=O)N2CCC3(CCCN3C)C2)CCC1. The van der Waals surface area contributed by atoms with Crippen LogP contribution in [0.4, 0.5) is 0 Å². The lowest BCUT2D eigenvalue weighted by Crippen LogP contribution is -2.49. The number of likely N-dealkylation sites (N-methyl/N-ethyl adjacent to an activating group) is 1. The smallest absolute Gasteiger partial charge is 0.312 e. The molecule has 3 rings (SSSR count). The van der Waals surface area contributed by atoms with Crippen LogP contribution >= 0.6 is 0 Å². The van der Waals surface area contributed by atoms with Crippen LogP contribution in [0.15, 0.2) is 0 Å². The average Bonchev–Trinajstić information content (AvgIpc) is 3.03. The van der Waals surface area contributed by atoms with E-state index in [-0.39, 0.29) is 17.3 Å². The van der Waals surface area contributed by atoms with E-state index in [1.807, 2.05) is 0 Å². The Kier molecular flexibility index (Phi) is 4.02. The molecule has 0 aromatic rings. The van der Waals surface area contributed by atoms with Gasteiger partial charge in [0.1, 0.15) is 0 Å². The summed E-state index contributed by atoms with van der Waals surface area (Å²) in [5.74, 6) is -0.457. The minimum absolute atomic E-state index is 0.0190. The number of hydrogen-bond donors (Lipinski definition) is 0. The Morgan fingerprint density at radius 1 is 1.14 bits per heavy atom. The Morgan fingerprint density at radius 2 is 1.86 bits per heavy atom. The summed E-state index contributed by atoms with van der Waals surface area (Å²) >= 11 is 0. The first kappa shape index (κ1) is 16.2. The maximum absolute atomic E-state index is 12.8. The van der Waals surface area contributed by atoms with E-state index >= 15 is 0 Å². The summed E-state index contributed by atoms with van der Waals surface area (Å²) in [5, 5.41) is 0. The van der Waals surface area contributed by atoms with Gasteiger partial charge in [-0.05, 0) is 45.7 Å². The van der Waals surface area contributed by atoms with Gasteiger partial charge in [0.15, 0.2) is 0 Å². The van der Waals surface area contributed by atoms with Gasteiger partial charge in [0.2, 0.25) is 10.0 Å². The third-order valence-electron chi connectivity index (χ3n) is 6.02. The number of carbonyl (C=O) groups excluding carboxylic acids is 1. The highest BCUT2D eigenvalue weighted by Crippen LogP contribution is 2.45. The third kappa shape index (κ3) is 2.47. The predicted octanol–water partition coefficient (Wildman–Crippen LogP) is 0.830. The molecular formula is C15H26N2O4S. The van der Waals surface area contributed by atoms with Gasteiger partial charge in [-0.1, -0.05) is 6.42 Å². The number of rotatable bonds is 4. The molecule has 22 heavy (non-hydrogen) atoms. The molecule has 1 atom stereocenters. The maximum Gasteiger partial charge on any atom is 0.312 e. The van der Waals surface area contributed by atoms with Crippen molar-refractivity contribution < 1.29 is 17.9 Å². The average molecular weight is 330 g/mol. The van der Waals surface area contributed by atoms with Crippen molar-refractivity contribution in [2.24, 2.45) is 5.41 Å². The molecule has 1 aliphatic carbocycles. The molecule has 0 radical (unpaired) electrons. The molecule has 126 valence electrons. The van der Waals surface area contributed by atoms with E-state index < -0.39 is 15.4 Å². The van der Waals surface area contributed by atoms with Gasteiger partial charge >= 0.3 is 5.97 Å². The van der Waals surface area contributed by atoms with Crippen LogP contribution in [0.25, 0.3) is 0 Å². The highest BCUT2D eigenvalue weighted by atomic mass is 32.2. The molecule has 2 aliphatic heterocycles. The molecule has 0 aromatic carbocycles. The van der Waals surface area contributed by atoms with Crippen LogP contribution in [-0.2, 0) is 19.6 Å². The molecule has 3 fully saturated rings. The second-order valence-electron chi connectivity index (χ2n) is 7.21. The van der Waals surface area contributed by atoms with Crippen LogP contribution in [0, 0.1) is 5.41 Å². The predicted molar refractivity (Wildman–Crippen MR) is 82.9 cm³/mol. The summed E-state index contributed by atoms with van der Waals surface area (Å²) in [5.41, 5.74) is -0.782. The zero-order valence-electron chi connectivity index (χ0n) is 13.5. The van der Waals surface area contributed by atoms with E-state index in [9.17, 15) is 13.2 Å². The summed E-state index contributed by atoms with van der Waals surface area (Å²) < 4.78 is 32.1. The summed E-state index contributed by atoms with van der Waals surface area (Å²) in [6.45, 7) is 2.19. The Morgan fingerprint density at radius 3 is 2.36 bits per heavy atom. The van der Waals surface area contributed by atoms with Gasteiger partial charge in [-0.3, -0.25) is 9.69 Å². The van der Waals surface area contributed by atoms with Crippen LogP contribution in [-0.4, -0.2) is 68.7 Å². The molecule has 1 unspecified atom stereocenters. The standard InChI is InChI=1S/C15H26N2O4S/c1-16-9-4-7-15(16)8-10-17(11-15)22(19,20)12-14(5-3-6-14)13(18)21-2/h3-12H2,1-2H3. The van der Waals surface area contributed by atoms with Gasteiger partial charge in [-0.15, -0.1) is 0 Å². The van der Waals surface area contributed by atoms with Crippen molar-refractivity contribution >= 4 is 16.0 Å². The van der Waals surface area contributed by atoms with Crippen LogP contribution in [0.1, 0.15) is 38.5 Å².